The average Bonchev–Trinajstić information content (AvgIpc) is 2.11. The van der Waals surface area contributed by atoms with E-state index in [2.05, 4.69) is 5.32 Å². The van der Waals surface area contributed by atoms with Crippen molar-refractivity contribution in [2.24, 2.45) is 17.6 Å². The largest absolute Gasteiger partial charge is 0.481 e. The zero-order valence-corrected chi connectivity index (χ0v) is 10.2. The Morgan fingerprint density at radius 2 is 1.88 bits per heavy atom. The Hall–Kier alpha value is -1.10. The molecule has 0 bridgehead atoms. The molecule has 0 heterocycles. The minimum Gasteiger partial charge on any atom is -0.481 e. The van der Waals surface area contributed by atoms with Gasteiger partial charge in [0.2, 0.25) is 5.91 Å². The molecule has 0 aromatic rings. The maximum Gasteiger partial charge on any atom is 0.305 e. The molecule has 0 aliphatic heterocycles. The maximum absolute atomic E-state index is 11.7. The molecule has 0 fully saturated rings. The molecule has 0 saturated heterocycles. The van der Waals surface area contributed by atoms with Crippen LogP contribution in [-0.4, -0.2) is 29.6 Å². The van der Waals surface area contributed by atoms with Crippen molar-refractivity contribution in [1.29, 1.82) is 0 Å². The van der Waals surface area contributed by atoms with Crippen molar-refractivity contribution in [2.45, 2.75) is 39.7 Å². The lowest BCUT2D eigenvalue weighted by Crippen LogP contribution is -2.41. The minimum absolute atomic E-state index is 0.0648. The van der Waals surface area contributed by atoms with E-state index in [1.54, 1.807) is 6.92 Å². The standard InChI is InChI=1S/C11H22N2O3/c1-7(2)4-9(6-12)11(16)13-8(3)5-10(14)15/h7-9H,4-6,12H2,1-3H3,(H,13,16)(H,14,15). The van der Waals surface area contributed by atoms with Gasteiger partial charge in [0, 0.05) is 12.6 Å². The molecular weight excluding hydrogens is 208 g/mol. The van der Waals surface area contributed by atoms with Crippen LogP contribution < -0.4 is 11.1 Å². The Bertz CT molecular complexity index is 241. The molecule has 94 valence electrons. The third-order valence-corrected chi connectivity index (χ3v) is 2.28. The molecule has 2 unspecified atom stereocenters. The van der Waals surface area contributed by atoms with Crippen molar-refractivity contribution in [3.63, 3.8) is 0 Å². The van der Waals surface area contributed by atoms with Crippen molar-refractivity contribution >= 4 is 11.9 Å². The van der Waals surface area contributed by atoms with E-state index < -0.39 is 5.97 Å². The predicted molar refractivity (Wildman–Crippen MR) is 61.9 cm³/mol. The maximum atomic E-state index is 11.7. The number of rotatable bonds is 7. The van der Waals surface area contributed by atoms with Crippen LogP contribution in [0.3, 0.4) is 0 Å². The molecule has 0 aliphatic rings. The van der Waals surface area contributed by atoms with Crippen LogP contribution in [0.5, 0.6) is 0 Å². The quantitative estimate of drug-likeness (QED) is 0.596. The fourth-order valence-electron chi connectivity index (χ4n) is 1.55. The van der Waals surface area contributed by atoms with Crippen LogP contribution in [-0.2, 0) is 9.59 Å². The molecule has 5 heteroatoms. The zero-order chi connectivity index (χ0) is 12.7. The molecule has 1 amide bonds. The molecule has 5 nitrogen and oxygen atoms in total. The molecule has 0 saturated carbocycles. The number of aliphatic carboxylic acids is 1. The summed E-state index contributed by atoms with van der Waals surface area (Å²) in [7, 11) is 0. The lowest BCUT2D eigenvalue weighted by Gasteiger charge is -2.19. The van der Waals surface area contributed by atoms with Crippen LogP contribution >= 0.6 is 0 Å². The van der Waals surface area contributed by atoms with Gasteiger partial charge >= 0.3 is 5.97 Å². The Balaban J connectivity index is 4.15. The molecule has 4 N–H and O–H groups in total. The third kappa shape index (κ3) is 6.40. The number of carboxylic acids is 1. The molecular formula is C11H22N2O3. The third-order valence-electron chi connectivity index (χ3n) is 2.28. The summed E-state index contributed by atoms with van der Waals surface area (Å²) >= 11 is 0. The number of nitrogens with one attached hydrogen (secondary N) is 1. The van der Waals surface area contributed by atoms with Gasteiger partial charge in [-0.25, -0.2) is 0 Å². The first-order valence-corrected chi connectivity index (χ1v) is 5.59. The summed E-state index contributed by atoms with van der Waals surface area (Å²) in [5.74, 6) is -0.892. The average molecular weight is 230 g/mol. The van der Waals surface area contributed by atoms with Gasteiger partial charge in [-0.1, -0.05) is 13.8 Å². The number of hydrogen-bond acceptors (Lipinski definition) is 3. The molecule has 0 aromatic carbocycles. The Labute approximate surface area is 96.4 Å². The fourth-order valence-corrected chi connectivity index (χ4v) is 1.55. The molecule has 2 atom stereocenters. The molecule has 0 rings (SSSR count). The van der Waals surface area contributed by atoms with Crippen molar-refractivity contribution < 1.29 is 14.7 Å². The summed E-state index contributed by atoms with van der Waals surface area (Å²) in [6.07, 6.45) is 0.660. The van der Waals surface area contributed by atoms with E-state index in [1.165, 1.54) is 0 Å². The summed E-state index contributed by atoms with van der Waals surface area (Å²) < 4.78 is 0. The van der Waals surface area contributed by atoms with Gasteiger partial charge in [-0.3, -0.25) is 9.59 Å². The minimum atomic E-state index is -0.916. The highest BCUT2D eigenvalue weighted by molar-refractivity contribution is 5.79. The second kappa shape index (κ2) is 7.22. The topological polar surface area (TPSA) is 92.4 Å². The van der Waals surface area contributed by atoms with E-state index >= 15 is 0 Å². The van der Waals surface area contributed by atoms with Crippen molar-refractivity contribution in [3.8, 4) is 0 Å². The molecule has 0 spiro atoms. The molecule has 0 aliphatic carbocycles. The van der Waals surface area contributed by atoms with E-state index in [1.807, 2.05) is 13.8 Å². The normalized spacial score (nSPS) is 14.6. The first kappa shape index (κ1) is 14.9. The van der Waals surface area contributed by atoms with Gasteiger partial charge in [0.25, 0.3) is 0 Å². The van der Waals surface area contributed by atoms with Crippen LogP contribution in [0.25, 0.3) is 0 Å². The van der Waals surface area contributed by atoms with Crippen molar-refractivity contribution in [3.05, 3.63) is 0 Å². The second-order valence-electron chi connectivity index (χ2n) is 4.57. The highest BCUT2D eigenvalue weighted by Gasteiger charge is 2.20. The SMILES string of the molecule is CC(C)CC(CN)C(=O)NC(C)CC(=O)O. The molecule has 0 radical (unpaired) electrons. The number of hydrogen-bond donors (Lipinski definition) is 3. The predicted octanol–water partition coefficient (Wildman–Crippen LogP) is 0.587. The smallest absolute Gasteiger partial charge is 0.305 e. The highest BCUT2D eigenvalue weighted by atomic mass is 16.4. The fraction of sp³-hybridized carbons (Fsp3) is 0.818. The molecule has 0 aromatic heterocycles. The number of nitrogens with two attached hydrogens (primary N) is 1. The monoisotopic (exact) mass is 230 g/mol. The first-order chi connectivity index (χ1) is 7.36. The second-order valence-corrected chi connectivity index (χ2v) is 4.57. The lowest BCUT2D eigenvalue weighted by molar-refractivity contribution is -0.137. The van der Waals surface area contributed by atoms with Gasteiger partial charge < -0.3 is 16.2 Å². The van der Waals surface area contributed by atoms with Crippen LogP contribution in [0.2, 0.25) is 0 Å². The Morgan fingerprint density at radius 3 is 2.25 bits per heavy atom. The van der Waals surface area contributed by atoms with E-state index in [4.69, 9.17) is 10.8 Å². The van der Waals surface area contributed by atoms with Gasteiger partial charge in [0.15, 0.2) is 0 Å². The van der Waals surface area contributed by atoms with E-state index in [-0.39, 0.29) is 24.3 Å². The number of carbonyl (C=O) groups excluding carboxylic acids is 1. The van der Waals surface area contributed by atoms with Gasteiger partial charge in [0.05, 0.1) is 12.3 Å². The Kier molecular flexibility index (Phi) is 6.72. The summed E-state index contributed by atoms with van der Waals surface area (Å²) in [4.78, 5) is 22.2. The van der Waals surface area contributed by atoms with Gasteiger partial charge in [-0.05, 0) is 19.3 Å². The first-order valence-electron chi connectivity index (χ1n) is 5.59. The van der Waals surface area contributed by atoms with Gasteiger partial charge in [-0.2, -0.15) is 0 Å². The number of amides is 1. The summed E-state index contributed by atoms with van der Waals surface area (Å²) in [6, 6.07) is -0.355. The van der Waals surface area contributed by atoms with Crippen molar-refractivity contribution in [2.75, 3.05) is 6.54 Å². The Morgan fingerprint density at radius 1 is 1.31 bits per heavy atom. The summed E-state index contributed by atoms with van der Waals surface area (Å²) in [6.45, 7) is 6.02. The van der Waals surface area contributed by atoms with Crippen LogP contribution in [0.4, 0.5) is 0 Å². The number of carboxylic acid groups (broad SMARTS) is 1. The summed E-state index contributed by atoms with van der Waals surface area (Å²) in [5, 5.41) is 11.2. The van der Waals surface area contributed by atoms with Crippen LogP contribution in [0.1, 0.15) is 33.6 Å². The molecule has 16 heavy (non-hydrogen) atoms. The lowest BCUT2D eigenvalue weighted by atomic mass is 9.96. The van der Waals surface area contributed by atoms with E-state index in [0.717, 1.165) is 6.42 Å². The van der Waals surface area contributed by atoms with E-state index in [0.29, 0.717) is 12.5 Å². The van der Waals surface area contributed by atoms with Crippen LogP contribution in [0.15, 0.2) is 0 Å². The van der Waals surface area contributed by atoms with Gasteiger partial charge in [0.1, 0.15) is 0 Å². The van der Waals surface area contributed by atoms with Crippen LogP contribution in [0, 0.1) is 11.8 Å². The summed E-state index contributed by atoms with van der Waals surface area (Å²) in [5.41, 5.74) is 5.52. The van der Waals surface area contributed by atoms with Crippen molar-refractivity contribution in [1.82, 2.24) is 5.32 Å². The van der Waals surface area contributed by atoms with E-state index in [9.17, 15) is 9.59 Å². The highest BCUT2D eigenvalue weighted by Crippen LogP contribution is 2.11. The number of carbonyl (C=O) groups is 2. The van der Waals surface area contributed by atoms with Gasteiger partial charge in [-0.15, -0.1) is 0 Å². The zero-order valence-electron chi connectivity index (χ0n) is 10.2.